The Balaban J connectivity index is 1.89. The Morgan fingerprint density at radius 3 is 2.58 bits per heavy atom. The van der Waals surface area contributed by atoms with Gasteiger partial charge in [0.15, 0.2) is 0 Å². The molecule has 0 unspecified atom stereocenters. The summed E-state index contributed by atoms with van der Waals surface area (Å²) in [6.45, 7) is 6.40. The van der Waals surface area contributed by atoms with Gasteiger partial charge in [-0.05, 0) is 39.7 Å². The van der Waals surface area contributed by atoms with Crippen molar-refractivity contribution in [2.75, 3.05) is 13.1 Å². The van der Waals surface area contributed by atoms with Crippen molar-refractivity contribution < 1.29 is 14.3 Å². The van der Waals surface area contributed by atoms with E-state index in [1.165, 1.54) is 6.07 Å². The van der Waals surface area contributed by atoms with Crippen LogP contribution in [0.1, 0.15) is 44.0 Å². The number of rotatable bonds is 2. The highest BCUT2D eigenvalue weighted by atomic mass is 35.5. The molecule has 1 fully saturated rings. The first kappa shape index (κ1) is 18.3. The van der Waals surface area contributed by atoms with E-state index >= 15 is 0 Å². The quantitative estimate of drug-likeness (QED) is 0.836. The molecule has 0 spiro atoms. The Labute approximate surface area is 144 Å². The maximum absolute atomic E-state index is 12.2. The van der Waals surface area contributed by atoms with Crippen LogP contribution in [0.2, 0.25) is 5.15 Å². The van der Waals surface area contributed by atoms with Crippen molar-refractivity contribution in [3.63, 3.8) is 0 Å². The largest absolute Gasteiger partial charge is 0.444 e. The molecule has 8 nitrogen and oxygen atoms in total. The fourth-order valence-electron chi connectivity index (χ4n) is 2.35. The molecule has 2 amide bonds. The van der Waals surface area contributed by atoms with Crippen LogP contribution in [0.4, 0.5) is 4.79 Å². The van der Waals surface area contributed by atoms with E-state index in [-0.39, 0.29) is 22.9 Å². The van der Waals surface area contributed by atoms with Gasteiger partial charge < -0.3 is 15.0 Å². The maximum atomic E-state index is 12.2. The highest BCUT2D eigenvalue weighted by Gasteiger charge is 2.28. The number of nitrogens with one attached hydrogen (secondary N) is 2. The molecular formula is C15H21ClN4O4. The van der Waals surface area contributed by atoms with Crippen molar-refractivity contribution in [3.8, 4) is 0 Å². The number of halogens is 1. The molecule has 1 aliphatic heterocycles. The van der Waals surface area contributed by atoms with E-state index in [2.05, 4.69) is 15.5 Å². The molecule has 0 bridgehead atoms. The zero-order valence-corrected chi connectivity index (χ0v) is 14.6. The summed E-state index contributed by atoms with van der Waals surface area (Å²) < 4.78 is 5.32. The van der Waals surface area contributed by atoms with Gasteiger partial charge in [-0.15, -0.1) is 0 Å². The third-order valence-corrected chi connectivity index (χ3v) is 3.69. The van der Waals surface area contributed by atoms with Crippen LogP contribution in [0.25, 0.3) is 0 Å². The Bertz CT molecular complexity index is 675. The predicted molar refractivity (Wildman–Crippen MR) is 88.2 cm³/mol. The molecule has 24 heavy (non-hydrogen) atoms. The zero-order chi connectivity index (χ0) is 17.9. The Hall–Kier alpha value is -2.09. The maximum Gasteiger partial charge on any atom is 0.410 e. The van der Waals surface area contributed by atoms with Gasteiger partial charge in [-0.25, -0.2) is 9.89 Å². The minimum Gasteiger partial charge on any atom is -0.444 e. The van der Waals surface area contributed by atoms with E-state index in [0.717, 1.165) is 0 Å². The third kappa shape index (κ3) is 4.95. The van der Waals surface area contributed by atoms with Crippen LogP contribution in [0, 0.1) is 0 Å². The van der Waals surface area contributed by atoms with Crippen molar-refractivity contribution in [3.05, 3.63) is 27.1 Å². The number of piperidine rings is 1. The van der Waals surface area contributed by atoms with Crippen molar-refractivity contribution in [1.29, 1.82) is 0 Å². The first-order chi connectivity index (χ1) is 11.2. The number of likely N-dealkylation sites (tertiary alicyclic amines) is 1. The first-order valence-corrected chi connectivity index (χ1v) is 8.07. The second-order valence-electron chi connectivity index (χ2n) is 6.65. The minimum absolute atomic E-state index is 0.0412. The molecule has 132 valence electrons. The molecule has 9 heteroatoms. The Morgan fingerprint density at radius 1 is 1.38 bits per heavy atom. The second-order valence-corrected chi connectivity index (χ2v) is 7.04. The Kier molecular flexibility index (Phi) is 5.48. The topological polar surface area (TPSA) is 104 Å². The molecule has 1 aliphatic rings. The number of carbonyl (C=O) groups is 2. The summed E-state index contributed by atoms with van der Waals surface area (Å²) >= 11 is 5.69. The number of aromatic amines is 1. The predicted octanol–water partition coefficient (Wildman–Crippen LogP) is 1.55. The van der Waals surface area contributed by atoms with E-state index < -0.39 is 17.1 Å². The van der Waals surface area contributed by atoms with E-state index in [0.29, 0.717) is 25.9 Å². The first-order valence-electron chi connectivity index (χ1n) is 7.70. The molecule has 2 heterocycles. The molecule has 2 N–H and O–H groups in total. The Morgan fingerprint density at radius 2 is 2.00 bits per heavy atom. The molecule has 0 radical (unpaired) electrons. The standard InChI is InChI=1S/C15H21ClN4O4/c1-15(2,3)24-14(23)20-6-4-9(5-7-20)17-12(21)10-8-11(16)18-19-13(10)22/h8-9H,4-7H2,1-3H3,(H,17,21)(H,19,22). The lowest BCUT2D eigenvalue weighted by Crippen LogP contribution is -2.48. The van der Waals surface area contributed by atoms with Crippen LogP contribution in [-0.2, 0) is 4.74 Å². The molecule has 1 aromatic rings. The molecular weight excluding hydrogens is 336 g/mol. The number of hydrogen-bond acceptors (Lipinski definition) is 5. The molecule has 0 aromatic carbocycles. The van der Waals surface area contributed by atoms with Crippen LogP contribution >= 0.6 is 11.6 Å². The number of aromatic nitrogens is 2. The smallest absolute Gasteiger partial charge is 0.410 e. The van der Waals surface area contributed by atoms with Crippen molar-refractivity contribution >= 4 is 23.6 Å². The van der Waals surface area contributed by atoms with Gasteiger partial charge >= 0.3 is 6.09 Å². The fourth-order valence-corrected chi connectivity index (χ4v) is 2.50. The highest BCUT2D eigenvalue weighted by Crippen LogP contribution is 2.15. The summed E-state index contributed by atoms with van der Waals surface area (Å²) in [5.74, 6) is -0.503. The lowest BCUT2D eigenvalue weighted by Gasteiger charge is -2.33. The number of carbonyl (C=O) groups excluding carboxylic acids is 2. The summed E-state index contributed by atoms with van der Waals surface area (Å²) in [5, 5.41) is 8.51. The van der Waals surface area contributed by atoms with Gasteiger partial charge in [0.1, 0.15) is 16.3 Å². The van der Waals surface area contributed by atoms with Crippen molar-refractivity contribution in [1.82, 2.24) is 20.4 Å². The summed E-state index contributed by atoms with van der Waals surface area (Å²) in [4.78, 5) is 37.4. The molecule has 1 aromatic heterocycles. The van der Waals surface area contributed by atoms with Crippen molar-refractivity contribution in [2.45, 2.75) is 45.3 Å². The van der Waals surface area contributed by atoms with Crippen LogP contribution in [0.5, 0.6) is 0 Å². The van der Waals surface area contributed by atoms with Gasteiger partial charge in [-0.2, -0.15) is 5.10 Å². The number of H-pyrrole nitrogens is 1. The minimum atomic E-state index is -0.594. The number of amides is 2. The summed E-state index contributed by atoms with van der Waals surface area (Å²) in [5.41, 5.74) is -1.21. The number of nitrogens with zero attached hydrogens (tertiary/aromatic N) is 2. The molecule has 1 saturated heterocycles. The van der Waals surface area contributed by atoms with Crippen LogP contribution in [-0.4, -0.2) is 51.8 Å². The van der Waals surface area contributed by atoms with Crippen LogP contribution in [0.15, 0.2) is 10.9 Å². The molecule has 2 rings (SSSR count). The third-order valence-electron chi connectivity index (χ3n) is 3.50. The second kappa shape index (κ2) is 7.21. The van der Waals surface area contributed by atoms with E-state index in [4.69, 9.17) is 16.3 Å². The normalized spacial score (nSPS) is 15.9. The van der Waals surface area contributed by atoms with E-state index in [1.54, 1.807) is 4.90 Å². The zero-order valence-electron chi connectivity index (χ0n) is 13.9. The number of ether oxygens (including phenoxy) is 1. The van der Waals surface area contributed by atoms with Gasteiger partial charge in [0.25, 0.3) is 11.5 Å². The van der Waals surface area contributed by atoms with Gasteiger partial charge in [-0.3, -0.25) is 9.59 Å². The molecule has 0 saturated carbocycles. The highest BCUT2D eigenvalue weighted by molar-refractivity contribution is 6.29. The van der Waals surface area contributed by atoms with E-state index in [9.17, 15) is 14.4 Å². The van der Waals surface area contributed by atoms with Gasteiger partial charge in [0, 0.05) is 19.1 Å². The fraction of sp³-hybridized carbons (Fsp3) is 0.600. The average molecular weight is 357 g/mol. The summed E-state index contributed by atoms with van der Waals surface area (Å²) in [7, 11) is 0. The lowest BCUT2D eigenvalue weighted by atomic mass is 10.0. The lowest BCUT2D eigenvalue weighted by molar-refractivity contribution is 0.0199. The van der Waals surface area contributed by atoms with Crippen LogP contribution < -0.4 is 10.9 Å². The van der Waals surface area contributed by atoms with E-state index in [1.807, 2.05) is 20.8 Å². The van der Waals surface area contributed by atoms with Gasteiger partial charge in [-0.1, -0.05) is 11.6 Å². The molecule has 0 atom stereocenters. The van der Waals surface area contributed by atoms with Gasteiger partial charge in [0.2, 0.25) is 0 Å². The number of hydrogen-bond donors (Lipinski definition) is 2. The SMILES string of the molecule is CC(C)(C)OC(=O)N1CCC(NC(=O)c2cc(Cl)n[nH]c2=O)CC1. The average Bonchev–Trinajstić information content (AvgIpc) is 2.48. The molecule has 0 aliphatic carbocycles. The summed E-state index contributed by atoms with van der Waals surface area (Å²) in [6, 6.07) is 1.11. The van der Waals surface area contributed by atoms with Gasteiger partial charge in [0.05, 0.1) is 0 Å². The van der Waals surface area contributed by atoms with Crippen LogP contribution in [0.3, 0.4) is 0 Å². The summed E-state index contributed by atoms with van der Waals surface area (Å²) in [6.07, 6.45) is 0.813. The monoisotopic (exact) mass is 356 g/mol. The van der Waals surface area contributed by atoms with Crippen molar-refractivity contribution in [2.24, 2.45) is 0 Å².